The van der Waals surface area contributed by atoms with Gasteiger partial charge in [0.2, 0.25) is 0 Å². The van der Waals surface area contributed by atoms with Crippen LogP contribution in [0.5, 0.6) is 0 Å². The Labute approximate surface area is 121 Å². The van der Waals surface area contributed by atoms with Crippen molar-refractivity contribution in [1.82, 2.24) is 10.3 Å². The van der Waals surface area contributed by atoms with E-state index in [2.05, 4.69) is 42.9 Å². The Hall–Kier alpha value is -0.610. The first-order valence-corrected chi connectivity index (χ1v) is 8.27. The van der Waals surface area contributed by atoms with Crippen molar-refractivity contribution >= 4 is 16.5 Å². The average Bonchev–Trinajstić information content (AvgIpc) is 2.98. The van der Waals surface area contributed by atoms with Gasteiger partial charge in [0.05, 0.1) is 0 Å². The lowest BCUT2D eigenvalue weighted by Gasteiger charge is -2.26. The second-order valence-corrected chi connectivity index (χ2v) is 7.53. The number of nitrogens with zero attached hydrogens (tertiary/aromatic N) is 2. The van der Waals surface area contributed by atoms with E-state index in [1.165, 1.54) is 35.7 Å². The van der Waals surface area contributed by atoms with E-state index in [0.717, 1.165) is 19.1 Å². The molecule has 0 amide bonds. The van der Waals surface area contributed by atoms with Gasteiger partial charge >= 0.3 is 0 Å². The first-order chi connectivity index (χ1) is 8.99. The van der Waals surface area contributed by atoms with Crippen molar-refractivity contribution in [3.05, 3.63) is 11.1 Å². The summed E-state index contributed by atoms with van der Waals surface area (Å²) < 4.78 is 0. The lowest BCUT2D eigenvalue weighted by atomic mass is 10.1. The lowest BCUT2D eigenvalue weighted by molar-refractivity contribution is 0.426. The Kier molecular flexibility index (Phi) is 4.85. The molecule has 1 aromatic heterocycles. The Morgan fingerprint density at radius 2 is 2.05 bits per heavy atom. The number of rotatable bonds is 5. The topological polar surface area (TPSA) is 28.2 Å². The highest BCUT2D eigenvalue weighted by molar-refractivity contribution is 7.15. The van der Waals surface area contributed by atoms with Crippen LogP contribution in [0.4, 0.5) is 5.13 Å². The molecule has 0 unspecified atom stereocenters. The first-order valence-electron chi connectivity index (χ1n) is 7.46. The zero-order valence-corrected chi connectivity index (χ0v) is 13.5. The molecule has 0 radical (unpaired) electrons. The summed E-state index contributed by atoms with van der Waals surface area (Å²) in [6.45, 7) is 10.8. The van der Waals surface area contributed by atoms with Crippen LogP contribution in [0.1, 0.15) is 58.3 Å². The molecular weight excluding hydrogens is 254 g/mol. The SMILES string of the molecule is CCN(c1ncc(CNC(C)(C)C)s1)C1CCCC1. The fourth-order valence-corrected chi connectivity index (χ4v) is 3.61. The number of anilines is 1. The van der Waals surface area contributed by atoms with E-state index in [1.807, 2.05) is 17.5 Å². The van der Waals surface area contributed by atoms with Crippen molar-refractivity contribution in [2.24, 2.45) is 0 Å². The standard InChI is InChI=1S/C15H27N3S/c1-5-18(12-8-6-7-9-12)14-16-10-13(19-14)11-17-15(2,3)4/h10,12,17H,5-9,11H2,1-4H3. The third kappa shape index (κ3) is 4.18. The van der Waals surface area contributed by atoms with Gasteiger partial charge < -0.3 is 10.2 Å². The second-order valence-electron chi connectivity index (χ2n) is 6.44. The zero-order valence-electron chi connectivity index (χ0n) is 12.7. The average molecular weight is 281 g/mol. The van der Waals surface area contributed by atoms with Crippen LogP contribution in [0.15, 0.2) is 6.20 Å². The number of hydrogen-bond donors (Lipinski definition) is 1. The molecule has 1 aliphatic rings. The van der Waals surface area contributed by atoms with Crippen LogP contribution in [0.2, 0.25) is 0 Å². The monoisotopic (exact) mass is 281 g/mol. The van der Waals surface area contributed by atoms with Gasteiger partial charge in [-0.05, 0) is 40.5 Å². The third-order valence-corrected chi connectivity index (χ3v) is 4.72. The van der Waals surface area contributed by atoms with Crippen molar-refractivity contribution < 1.29 is 0 Å². The molecule has 1 heterocycles. The summed E-state index contributed by atoms with van der Waals surface area (Å²) in [7, 11) is 0. The van der Waals surface area contributed by atoms with Gasteiger partial charge in [0.1, 0.15) is 0 Å². The molecule has 0 atom stereocenters. The van der Waals surface area contributed by atoms with E-state index in [4.69, 9.17) is 0 Å². The first kappa shape index (κ1) is 14.8. The number of aromatic nitrogens is 1. The van der Waals surface area contributed by atoms with Crippen LogP contribution in [0.3, 0.4) is 0 Å². The van der Waals surface area contributed by atoms with Gasteiger partial charge in [-0.2, -0.15) is 0 Å². The summed E-state index contributed by atoms with van der Waals surface area (Å²) in [6, 6.07) is 0.722. The van der Waals surface area contributed by atoms with Gasteiger partial charge in [-0.15, -0.1) is 11.3 Å². The van der Waals surface area contributed by atoms with Gasteiger partial charge in [-0.25, -0.2) is 4.98 Å². The number of nitrogens with one attached hydrogen (secondary N) is 1. The molecule has 108 valence electrons. The predicted octanol–water partition coefficient (Wildman–Crippen LogP) is 3.80. The third-order valence-electron chi connectivity index (χ3n) is 3.69. The van der Waals surface area contributed by atoms with Crippen molar-refractivity contribution in [2.45, 2.75) is 71.5 Å². The van der Waals surface area contributed by atoms with Crippen molar-refractivity contribution in [3.8, 4) is 0 Å². The second kappa shape index (κ2) is 6.23. The summed E-state index contributed by atoms with van der Waals surface area (Å²) in [5.41, 5.74) is 0.167. The molecule has 1 saturated carbocycles. The minimum Gasteiger partial charge on any atom is -0.345 e. The zero-order chi connectivity index (χ0) is 13.9. The molecule has 1 aromatic rings. The Morgan fingerprint density at radius 3 is 2.63 bits per heavy atom. The van der Waals surface area contributed by atoms with Gasteiger partial charge in [-0.3, -0.25) is 0 Å². The molecule has 0 bridgehead atoms. The Balaban J connectivity index is 1.98. The molecule has 1 aliphatic carbocycles. The summed E-state index contributed by atoms with van der Waals surface area (Å²) in [6.07, 6.45) is 7.47. The lowest BCUT2D eigenvalue weighted by Crippen LogP contribution is -2.34. The maximum absolute atomic E-state index is 4.64. The van der Waals surface area contributed by atoms with Crippen molar-refractivity contribution in [3.63, 3.8) is 0 Å². The van der Waals surface area contributed by atoms with E-state index in [1.54, 1.807) is 0 Å². The van der Waals surface area contributed by atoms with Crippen LogP contribution < -0.4 is 10.2 Å². The highest BCUT2D eigenvalue weighted by Crippen LogP contribution is 2.30. The quantitative estimate of drug-likeness (QED) is 0.890. The Morgan fingerprint density at radius 1 is 1.37 bits per heavy atom. The fraction of sp³-hybridized carbons (Fsp3) is 0.800. The Bertz CT molecular complexity index is 388. The van der Waals surface area contributed by atoms with Crippen LogP contribution in [0, 0.1) is 0 Å². The van der Waals surface area contributed by atoms with E-state index in [9.17, 15) is 0 Å². The molecule has 19 heavy (non-hydrogen) atoms. The molecule has 0 aromatic carbocycles. The summed E-state index contributed by atoms with van der Waals surface area (Å²) in [5, 5.41) is 4.74. The maximum Gasteiger partial charge on any atom is 0.185 e. The predicted molar refractivity (Wildman–Crippen MR) is 84.0 cm³/mol. The summed E-state index contributed by atoms with van der Waals surface area (Å²) in [4.78, 5) is 8.47. The highest BCUT2D eigenvalue weighted by Gasteiger charge is 2.23. The summed E-state index contributed by atoms with van der Waals surface area (Å²) in [5.74, 6) is 0. The van der Waals surface area contributed by atoms with Crippen LogP contribution in [-0.4, -0.2) is 23.1 Å². The minimum absolute atomic E-state index is 0.167. The number of thiazole rings is 1. The minimum atomic E-state index is 0.167. The molecule has 0 aliphatic heterocycles. The van der Waals surface area contributed by atoms with Gasteiger partial charge in [0, 0.05) is 35.7 Å². The van der Waals surface area contributed by atoms with Gasteiger partial charge in [0.15, 0.2) is 5.13 Å². The van der Waals surface area contributed by atoms with Crippen LogP contribution in [-0.2, 0) is 6.54 Å². The molecule has 2 rings (SSSR count). The molecular formula is C15H27N3S. The summed E-state index contributed by atoms with van der Waals surface area (Å²) >= 11 is 1.85. The van der Waals surface area contributed by atoms with Gasteiger partial charge in [-0.1, -0.05) is 12.8 Å². The normalized spacial score (nSPS) is 17.1. The van der Waals surface area contributed by atoms with Crippen molar-refractivity contribution in [2.75, 3.05) is 11.4 Å². The molecule has 1 N–H and O–H groups in total. The van der Waals surface area contributed by atoms with E-state index >= 15 is 0 Å². The van der Waals surface area contributed by atoms with E-state index < -0.39 is 0 Å². The van der Waals surface area contributed by atoms with Crippen LogP contribution in [0.25, 0.3) is 0 Å². The smallest absolute Gasteiger partial charge is 0.185 e. The largest absolute Gasteiger partial charge is 0.345 e. The van der Waals surface area contributed by atoms with Gasteiger partial charge in [0.25, 0.3) is 0 Å². The highest BCUT2D eigenvalue weighted by atomic mass is 32.1. The van der Waals surface area contributed by atoms with Crippen molar-refractivity contribution in [1.29, 1.82) is 0 Å². The van der Waals surface area contributed by atoms with E-state index in [0.29, 0.717) is 0 Å². The van der Waals surface area contributed by atoms with E-state index in [-0.39, 0.29) is 5.54 Å². The fourth-order valence-electron chi connectivity index (χ4n) is 2.63. The number of hydrogen-bond acceptors (Lipinski definition) is 4. The molecule has 3 nitrogen and oxygen atoms in total. The molecule has 0 spiro atoms. The maximum atomic E-state index is 4.64. The van der Waals surface area contributed by atoms with Crippen LogP contribution >= 0.6 is 11.3 Å². The molecule has 4 heteroatoms. The molecule has 0 saturated heterocycles. The molecule has 1 fully saturated rings.